The summed E-state index contributed by atoms with van der Waals surface area (Å²) in [7, 11) is 0. The Hall–Kier alpha value is -1.25. The number of fused-ring (bicyclic) bond motifs is 1. The number of hydrogen-bond donors (Lipinski definition) is 0. The predicted octanol–water partition coefficient (Wildman–Crippen LogP) is 2.35. The zero-order chi connectivity index (χ0) is 9.42. The second-order valence-corrected chi connectivity index (χ2v) is 3.57. The van der Waals surface area contributed by atoms with Gasteiger partial charge in [0.2, 0.25) is 0 Å². The predicted molar refractivity (Wildman–Crippen MR) is 55.6 cm³/mol. The third-order valence-electron chi connectivity index (χ3n) is 2.32. The Morgan fingerprint density at radius 2 is 1.69 bits per heavy atom. The topological polar surface area (TPSA) is 37.1 Å². The summed E-state index contributed by atoms with van der Waals surface area (Å²) in [5.74, 6) is 1.63. The van der Waals surface area contributed by atoms with Gasteiger partial charge in [-0.1, -0.05) is 0 Å². The second-order valence-electron chi connectivity index (χ2n) is 3.57. The van der Waals surface area contributed by atoms with Crippen LogP contribution in [0.15, 0.2) is 26.2 Å². The molecule has 0 aromatic heterocycles. The number of allylic oxidation sites excluding steroid dienone is 1. The van der Waals surface area contributed by atoms with Crippen molar-refractivity contribution in [2.75, 3.05) is 0 Å². The number of aliphatic imine (C=N–C) groups is 3. The normalized spacial score (nSPS) is 21.9. The van der Waals surface area contributed by atoms with E-state index in [1.807, 2.05) is 13.8 Å². The van der Waals surface area contributed by atoms with E-state index in [1.165, 1.54) is 5.57 Å². The summed E-state index contributed by atoms with van der Waals surface area (Å²) in [6.45, 7) is 6.07. The van der Waals surface area contributed by atoms with Crippen molar-refractivity contribution in [2.45, 2.75) is 33.6 Å². The Morgan fingerprint density at radius 1 is 0.923 bits per heavy atom. The molecule has 0 aromatic carbocycles. The van der Waals surface area contributed by atoms with Crippen LogP contribution < -0.4 is 0 Å². The molecule has 0 aromatic rings. The van der Waals surface area contributed by atoms with Crippen molar-refractivity contribution >= 4 is 17.4 Å². The summed E-state index contributed by atoms with van der Waals surface area (Å²) in [6, 6.07) is 0. The molecule has 0 atom stereocenters. The zero-order valence-corrected chi connectivity index (χ0v) is 8.26. The third kappa shape index (κ3) is 1.46. The number of amidine groups is 2. The minimum Gasteiger partial charge on any atom is -0.236 e. The Morgan fingerprint density at radius 3 is 2.46 bits per heavy atom. The molecule has 0 bridgehead atoms. The van der Waals surface area contributed by atoms with Crippen molar-refractivity contribution in [2.24, 2.45) is 15.0 Å². The van der Waals surface area contributed by atoms with Gasteiger partial charge in [-0.3, -0.25) is 0 Å². The second kappa shape index (κ2) is 2.91. The van der Waals surface area contributed by atoms with Gasteiger partial charge in [0.1, 0.15) is 11.5 Å². The molecule has 0 saturated carbocycles. The molecule has 68 valence electrons. The number of rotatable bonds is 0. The van der Waals surface area contributed by atoms with Gasteiger partial charge < -0.3 is 0 Å². The van der Waals surface area contributed by atoms with Crippen LogP contribution in [0.1, 0.15) is 33.6 Å². The fourth-order valence-electron chi connectivity index (χ4n) is 1.53. The van der Waals surface area contributed by atoms with E-state index >= 15 is 0 Å². The minimum absolute atomic E-state index is 0.810. The average molecular weight is 175 g/mol. The van der Waals surface area contributed by atoms with E-state index in [1.54, 1.807) is 0 Å². The highest BCUT2D eigenvalue weighted by molar-refractivity contribution is 6.16. The number of hydrogen-bond acceptors (Lipinski definition) is 3. The van der Waals surface area contributed by atoms with Crippen LogP contribution in [-0.2, 0) is 0 Å². The van der Waals surface area contributed by atoms with Crippen LogP contribution >= 0.6 is 0 Å². The maximum absolute atomic E-state index is 4.43. The first kappa shape index (κ1) is 8.35. The molecule has 0 saturated heterocycles. The molecule has 3 nitrogen and oxygen atoms in total. The summed E-state index contributed by atoms with van der Waals surface area (Å²) in [5, 5.41) is 0. The van der Waals surface area contributed by atoms with Gasteiger partial charge in [0.25, 0.3) is 0 Å². The molecular formula is C10H13N3. The molecule has 0 radical (unpaired) electrons. The summed E-state index contributed by atoms with van der Waals surface area (Å²) in [4.78, 5) is 13.1. The first-order valence-corrected chi connectivity index (χ1v) is 4.55. The zero-order valence-electron chi connectivity index (χ0n) is 8.26. The highest BCUT2D eigenvalue weighted by atomic mass is 15.1. The van der Waals surface area contributed by atoms with Crippen LogP contribution in [0.5, 0.6) is 0 Å². The Bertz CT molecular complexity index is 370. The average Bonchev–Trinajstić information content (AvgIpc) is 2.37. The van der Waals surface area contributed by atoms with Gasteiger partial charge in [0.15, 0.2) is 5.84 Å². The van der Waals surface area contributed by atoms with Gasteiger partial charge in [-0.15, -0.1) is 0 Å². The van der Waals surface area contributed by atoms with E-state index in [2.05, 4.69) is 21.9 Å². The molecule has 0 N–H and O–H groups in total. The molecule has 0 unspecified atom stereocenters. The van der Waals surface area contributed by atoms with Crippen LogP contribution in [0.3, 0.4) is 0 Å². The van der Waals surface area contributed by atoms with Crippen molar-refractivity contribution in [3.05, 3.63) is 11.3 Å². The maximum atomic E-state index is 4.43. The molecule has 2 aliphatic rings. The molecule has 0 spiro atoms. The number of nitrogens with zero attached hydrogens (tertiary/aromatic N) is 3. The van der Waals surface area contributed by atoms with Crippen LogP contribution in [-0.4, -0.2) is 17.4 Å². The summed E-state index contributed by atoms with van der Waals surface area (Å²) in [6.07, 6.45) is 2.09. The van der Waals surface area contributed by atoms with E-state index in [4.69, 9.17) is 0 Å². The fraction of sp³-hybridized carbons (Fsp3) is 0.500. The monoisotopic (exact) mass is 175 g/mol. The lowest BCUT2D eigenvalue weighted by Gasteiger charge is -1.97. The van der Waals surface area contributed by atoms with Gasteiger partial charge in [0.05, 0.1) is 0 Å². The lowest BCUT2D eigenvalue weighted by Crippen LogP contribution is -1.96. The van der Waals surface area contributed by atoms with E-state index < -0.39 is 0 Å². The third-order valence-corrected chi connectivity index (χ3v) is 2.32. The van der Waals surface area contributed by atoms with Crippen LogP contribution in [0.25, 0.3) is 0 Å². The van der Waals surface area contributed by atoms with Gasteiger partial charge in [0, 0.05) is 5.71 Å². The Kier molecular flexibility index (Phi) is 1.87. The highest BCUT2D eigenvalue weighted by Gasteiger charge is 2.18. The summed E-state index contributed by atoms with van der Waals surface area (Å²) < 4.78 is 0. The molecular weight excluding hydrogens is 162 g/mol. The molecule has 0 fully saturated rings. The van der Waals surface area contributed by atoms with Crippen molar-refractivity contribution in [1.82, 2.24) is 0 Å². The molecule has 0 aliphatic carbocycles. The van der Waals surface area contributed by atoms with E-state index in [9.17, 15) is 0 Å². The van der Waals surface area contributed by atoms with Crippen LogP contribution in [0.2, 0.25) is 0 Å². The standard InChI is InChI=1S/C10H13N3/c1-6-4-5-7(2)11-10-9(6)12-8(3)13-10/h4-5H2,1-3H3. The lowest BCUT2D eigenvalue weighted by atomic mass is 10.1. The molecule has 2 rings (SSSR count). The maximum Gasteiger partial charge on any atom is 0.179 e. The quantitative estimate of drug-likeness (QED) is 0.542. The van der Waals surface area contributed by atoms with Gasteiger partial charge in [-0.25, -0.2) is 15.0 Å². The van der Waals surface area contributed by atoms with Gasteiger partial charge in [-0.05, 0) is 39.2 Å². The fourth-order valence-corrected chi connectivity index (χ4v) is 1.53. The SMILES string of the molecule is CC1=NC2=NC(C)=NC2=C(C)CC1. The van der Waals surface area contributed by atoms with Gasteiger partial charge in [-0.2, -0.15) is 0 Å². The minimum atomic E-state index is 0.810. The highest BCUT2D eigenvalue weighted by Crippen LogP contribution is 2.22. The first-order valence-electron chi connectivity index (χ1n) is 4.55. The molecule has 2 heterocycles. The van der Waals surface area contributed by atoms with Crippen LogP contribution in [0, 0.1) is 0 Å². The Labute approximate surface area is 78.0 Å². The molecule has 3 heteroatoms. The van der Waals surface area contributed by atoms with Crippen molar-refractivity contribution in [1.29, 1.82) is 0 Å². The van der Waals surface area contributed by atoms with Crippen molar-refractivity contribution < 1.29 is 0 Å². The van der Waals surface area contributed by atoms with Gasteiger partial charge >= 0.3 is 0 Å². The van der Waals surface area contributed by atoms with E-state index in [0.29, 0.717) is 0 Å². The lowest BCUT2D eigenvalue weighted by molar-refractivity contribution is 1.00. The summed E-state index contributed by atoms with van der Waals surface area (Å²) >= 11 is 0. The molecule has 13 heavy (non-hydrogen) atoms. The van der Waals surface area contributed by atoms with E-state index in [-0.39, 0.29) is 0 Å². The van der Waals surface area contributed by atoms with Crippen molar-refractivity contribution in [3.8, 4) is 0 Å². The smallest absolute Gasteiger partial charge is 0.179 e. The van der Waals surface area contributed by atoms with Crippen molar-refractivity contribution in [3.63, 3.8) is 0 Å². The summed E-state index contributed by atoms with van der Waals surface area (Å²) in [5.41, 5.74) is 3.45. The molecule has 2 aliphatic heterocycles. The first-order chi connectivity index (χ1) is 6.16. The van der Waals surface area contributed by atoms with Crippen LogP contribution in [0.4, 0.5) is 0 Å². The molecule has 0 amide bonds. The Balaban J connectivity index is 2.49. The largest absolute Gasteiger partial charge is 0.236 e. The van der Waals surface area contributed by atoms with E-state index in [0.717, 1.165) is 35.9 Å².